The zero-order chi connectivity index (χ0) is 16.0. The first-order valence-corrected chi connectivity index (χ1v) is 9.17. The van der Waals surface area contributed by atoms with Gasteiger partial charge in [0.1, 0.15) is 0 Å². The van der Waals surface area contributed by atoms with E-state index in [0.717, 1.165) is 18.6 Å². The highest BCUT2D eigenvalue weighted by molar-refractivity contribution is 7.92. The third-order valence-electron chi connectivity index (χ3n) is 5.06. The fourth-order valence-corrected chi connectivity index (χ4v) is 5.28. The van der Waals surface area contributed by atoms with Gasteiger partial charge in [0.25, 0.3) is 0 Å². The van der Waals surface area contributed by atoms with Gasteiger partial charge in [-0.25, -0.2) is 8.42 Å². The predicted octanol–water partition coefficient (Wildman–Crippen LogP) is 2.73. The maximum Gasteiger partial charge on any atom is 0.236 e. The van der Waals surface area contributed by atoms with Crippen LogP contribution in [-0.4, -0.2) is 38.5 Å². The van der Waals surface area contributed by atoms with Crippen LogP contribution in [0.5, 0.6) is 0 Å². The molecular formula is C17H23NO3S. The van der Waals surface area contributed by atoms with Crippen molar-refractivity contribution >= 4 is 16.1 Å². The van der Waals surface area contributed by atoms with Gasteiger partial charge in [0.05, 0.1) is 6.10 Å². The molecule has 0 amide bonds. The second-order valence-corrected chi connectivity index (χ2v) is 8.66. The molecule has 0 aromatic heterocycles. The standard InChI is InChI=1S/C17H23NO3S/c1-17(2)15(14-9-11-21-16(14)17)18(3)22(19,20)12-10-13-7-5-4-6-8-13/h4-8,10,12,14-16H,9,11H2,1-3H3/b12-10+/t14-,15-,16+/m1/s1. The van der Waals surface area contributed by atoms with E-state index >= 15 is 0 Å². The van der Waals surface area contributed by atoms with Gasteiger partial charge in [0.15, 0.2) is 0 Å². The number of hydrogen-bond donors (Lipinski definition) is 0. The summed E-state index contributed by atoms with van der Waals surface area (Å²) >= 11 is 0. The number of hydrogen-bond acceptors (Lipinski definition) is 3. The molecule has 22 heavy (non-hydrogen) atoms. The zero-order valence-electron chi connectivity index (χ0n) is 13.3. The van der Waals surface area contributed by atoms with Gasteiger partial charge in [0, 0.05) is 36.4 Å². The van der Waals surface area contributed by atoms with Crippen LogP contribution < -0.4 is 0 Å². The maximum absolute atomic E-state index is 12.6. The average Bonchev–Trinajstić information content (AvgIpc) is 2.92. The van der Waals surface area contributed by atoms with Gasteiger partial charge < -0.3 is 4.74 Å². The summed E-state index contributed by atoms with van der Waals surface area (Å²) in [6, 6.07) is 9.48. The van der Waals surface area contributed by atoms with Gasteiger partial charge in [-0.15, -0.1) is 0 Å². The Bertz CT molecular complexity index is 666. The lowest BCUT2D eigenvalue weighted by Gasteiger charge is -2.57. The summed E-state index contributed by atoms with van der Waals surface area (Å²) in [6.45, 7) is 4.93. The van der Waals surface area contributed by atoms with Gasteiger partial charge in [0.2, 0.25) is 10.0 Å². The molecule has 1 saturated carbocycles. The minimum Gasteiger partial charge on any atom is -0.377 e. The minimum atomic E-state index is -3.43. The van der Waals surface area contributed by atoms with E-state index in [-0.39, 0.29) is 17.6 Å². The lowest BCUT2D eigenvalue weighted by Crippen LogP contribution is -2.66. The highest BCUT2D eigenvalue weighted by atomic mass is 32.2. The van der Waals surface area contributed by atoms with Crippen molar-refractivity contribution in [3.05, 3.63) is 41.3 Å². The SMILES string of the molecule is CN([C@@H]1[C@H]2CCO[C@@H]2C1(C)C)S(=O)(=O)/C=C/c1ccccc1. The molecule has 0 unspecified atom stereocenters. The molecule has 1 aromatic rings. The number of rotatable bonds is 4. The first-order chi connectivity index (χ1) is 10.3. The number of ether oxygens (including phenoxy) is 1. The van der Waals surface area contributed by atoms with Crippen molar-refractivity contribution in [1.82, 2.24) is 4.31 Å². The summed E-state index contributed by atoms with van der Waals surface area (Å²) in [7, 11) is -1.74. The monoisotopic (exact) mass is 321 g/mol. The summed E-state index contributed by atoms with van der Waals surface area (Å²) in [6.07, 6.45) is 2.79. The molecule has 2 fully saturated rings. The molecule has 3 rings (SSSR count). The molecule has 2 aliphatic rings. The summed E-state index contributed by atoms with van der Waals surface area (Å²) in [5, 5.41) is 1.31. The van der Waals surface area contributed by atoms with Gasteiger partial charge in [-0.3, -0.25) is 0 Å². The van der Waals surface area contributed by atoms with Gasteiger partial charge in [-0.2, -0.15) is 4.31 Å². The number of fused-ring (bicyclic) bond motifs is 1. The first-order valence-electron chi connectivity index (χ1n) is 7.67. The number of benzene rings is 1. The summed E-state index contributed by atoms with van der Waals surface area (Å²) < 4.78 is 32.5. The van der Waals surface area contributed by atoms with Crippen LogP contribution in [-0.2, 0) is 14.8 Å². The van der Waals surface area contributed by atoms with E-state index in [1.807, 2.05) is 30.3 Å². The quantitative estimate of drug-likeness (QED) is 0.856. The predicted molar refractivity (Wildman–Crippen MR) is 87.6 cm³/mol. The molecule has 120 valence electrons. The van der Waals surface area contributed by atoms with E-state index in [1.54, 1.807) is 13.1 Å². The molecular weight excluding hydrogens is 298 g/mol. The Morgan fingerprint density at radius 3 is 2.64 bits per heavy atom. The Morgan fingerprint density at radius 1 is 1.27 bits per heavy atom. The third kappa shape index (κ3) is 2.51. The number of sulfonamides is 1. The van der Waals surface area contributed by atoms with E-state index in [1.165, 1.54) is 9.71 Å². The topological polar surface area (TPSA) is 46.6 Å². The summed E-state index contributed by atoms with van der Waals surface area (Å²) in [5.74, 6) is 0.319. The third-order valence-corrected chi connectivity index (χ3v) is 6.57. The minimum absolute atomic E-state index is 0.00502. The zero-order valence-corrected chi connectivity index (χ0v) is 14.1. The van der Waals surface area contributed by atoms with Crippen LogP contribution in [0.1, 0.15) is 25.8 Å². The molecule has 0 N–H and O–H groups in total. The van der Waals surface area contributed by atoms with Crippen molar-refractivity contribution in [2.24, 2.45) is 11.3 Å². The number of nitrogens with zero attached hydrogens (tertiary/aromatic N) is 1. The van der Waals surface area contributed by atoms with Gasteiger partial charge in [-0.1, -0.05) is 44.2 Å². The summed E-state index contributed by atoms with van der Waals surface area (Å²) in [4.78, 5) is 0. The van der Waals surface area contributed by atoms with Crippen molar-refractivity contribution in [3.63, 3.8) is 0 Å². The fraction of sp³-hybridized carbons (Fsp3) is 0.529. The van der Waals surface area contributed by atoms with Crippen molar-refractivity contribution < 1.29 is 13.2 Å². The normalized spacial score (nSPS) is 30.5. The maximum atomic E-state index is 12.6. The van der Waals surface area contributed by atoms with Crippen LogP contribution >= 0.6 is 0 Å². The first kappa shape index (κ1) is 15.7. The Hall–Kier alpha value is -1.17. The van der Waals surface area contributed by atoms with E-state index in [0.29, 0.717) is 5.92 Å². The molecule has 0 bridgehead atoms. The molecule has 1 aliphatic heterocycles. The Balaban J connectivity index is 1.79. The Labute approximate surface area is 132 Å². The second kappa shape index (κ2) is 5.48. The largest absolute Gasteiger partial charge is 0.377 e. The molecule has 1 aliphatic carbocycles. The Kier molecular flexibility index (Phi) is 3.91. The van der Waals surface area contributed by atoms with Crippen LogP contribution in [0.15, 0.2) is 35.7 Å². The van der Waals surface area contributed by atoms with Crippen molar-refractivity contribution in [3.8, 4) is 0 Å². The molecule has 1 heterocycles. The van der Waals surface area contributed by atoms with Gasteiger partial charge in [-0.05, 0) is 18.1 Å². The van der Waals surface area contributed by atoms with Crippen LogP contribution in [0.2, 0.25) is 0 Å². The smallest absolute Gasteiger partial charge is 0.236 e. The molecule has 4 nitrogen and oxygen atoms in total. The molecule has 1 saturated heterocycles. The van der Waals surface area contributed by atoms with Crippen molar-refractivity contribution in [2.45, 2.75) is 32.4 Å². The van der Waals surface area contributed by atoms with Crippen molar-refractivity contribution in [1.29, 1.82) is 0 Å². The van der Waals surface area contributed by atoms with E-state index in [2.05, 4.69) is 13.8 Å². The molecule has 5 heteroatoms. The average molecular weight is 321 g/mol. The second-order valence-electron chi connectivity index (χ2n) is 6.78. The molecule has 1 aromatic carbocycles. The van der Waals surface area contributed by atoms with Crippen LogP contribution in [0.3, 0.4) is 0 Å². The highest BCUT2D eigenvalue weighted by Crippen LogP contribution is 2.54. The Morgan fingerprint density at radius 2 is 1.95 bits per heavy atom. The molecule has 3 atom stereocenters. The van der Waals surface area contributed by atoms with E-state index in [9.17, 15) is 8.42 Å². The van der Waals surface area contributed by atoms with Crippen LogP contribution in [0.4, 0.5) is 0 Å². The van der Waals surface area contributed by atoms with Crippen molar-refractivity contribution in [2.75, 3.05) is 13.7 Å². The molecule has 0 radical (unpaired) electrons. The lowest BCUT2D eigenvalue weighted by molar-refractivity contribution is -0.131. The molecule has 0 spiro atoms. The lowest BCUT2D eigenvalue weighted by atomic mass is 9.57. The van der Waals surface area contributed by atoms with Gasteiger partial charge >= 0.3 is 0 Å². The summed E-state index contributed by atoms with van der Waals surface area (Å²) in [5.41, 5.74) is 0.748. The fourth-order valence-electron chi connectivity index (χ4n) is 4.02. The van der Waals surface area contributed by atoms with Crippen LogP contribution in [0.25, 0.3) is 6.08 Å². The highest BCUT2D eigenvalue weighted by Gasteiger charge is 2.62. The van der Waals surface area contributed by atoms with E-state index < -0.39 is 10.0 Å². The van der Waals surface area contributed by atoms with E-state index in [4.69, 9.17) is 4.74 Å². The van der Waals surface area contributed by atoms with Crippen LogP contribution in [0, 0.1) is 11.3 Å².